The molecule has 25 heavy (non-hydrogen) atoms. The second-order valence-electron chi connectivity index (χ2n) is 5.85. The van der Waals surface area contributed by atoms with Crippen molar-refractivity contribution in [3.8, 4) is 11.5 Å². The lowest BCUT2D eigenvalue weighted by Gasteiger charge is -2.20. The molecule has 1 aliphatic heterocycles. The Balaban J connectivity index is 1.45. The first kappa shape index (κ1) is 15.8. The van der Waals surface area contributed by atoms with Crippen molar-refractivity contribution in [2.24, 2.45) is 0 Å². The van der Waals surface area contributed by atoms with Gasteiger partial charge in [0.2, 0.25) is 5.89 Å². The van der Waals surface area contributed by atoms with Gasteiger partial charge in [-0.1, -0.05) is 18.2 Å². The van der Waals surface area contributed by atoms with Crippen LogP contribution < -0.4 is 4.90 Å². The van der Waals surface area contributed by atoms with E-state index in [2.05, 4.69) is 14.9 Å². The minimum atomic E-state index is -0.0769. The number of hydrogen-bond donors (Lipinski definition) is 0. The summed E-state index contributed by atoms with van der Waals surface area (Å²) < 4.78 is 5.50. The molecule has 1 saturated heterocycles. The number of nitrogens with zero attached hydrogens (tertiary/aromatic N) is 4. The van der Waals surface area contributed by atoms with Gasteiger partial charge in [-0.2, -0.15) is 0 Å². The van der Waals surface area contributed by atoms with Crippen molar-refractivity contribution in [3.63, 3.8) is 0 Å². The second kappa shape index (κ2) is 7.06. The Labute approximate surface area is 149 Å². The van der Waals surface area contributed by atoms with E-state index in [1.54, 1.807) is 11.3 Å². The van der Waals surface area contributed by atoms with Crippen LogP contribution in [0.2, 0.25) is 0 Å². The van der Waals surface area contributed by atoms with Crippen LogP contribution in [0.25, 0.3) is 11.5 Å². The maximum Gasteiger partial charge on any atom is 0.275 e. The number of anilines is 1. The second-order valence-corrected chi connectivity index (χ2v) is 6.72. The summed E-state index contributed by atoms with van der Waals surface area (Å²) >= 11 is 1.63. The van der Waals surface area contributed by atoms with E-state index in [-0.39, 0.29) is 5.91 Å². The third kappa shape index (κ3) is 3.41. The summed E-state index contributed by atoms with van der Waals surface area (Å²) in [5.74, 6) is 0.398. The Morgan fingerprint density at radius 3 is 2.80 bits per heavy atom. The number of carbonyl (C=O) groups is 1. The molecule has 0 unspecified atom stereocenters. The average molecular weight is 354 g/mol. The Morgan fingerprint density at radius 1 is 1.12 bits per heavy atom. The lowest BCUT2D eigenvalue weighted by atomic mass is 10.2. The van der Waals surface area contributed by atoms with Gasteiger partial charge in [-0.25, -0.2) is 9.97 Å². The molecule has 0 bridgehead atoms. The van der Waals surface area contributed by atoms with Crippen molar-refractivity contribution in [2.45, 2.75) is 6.42 Å². The summed E-state index contributed by atoms with van der Waals surface area (Å²) in [5, 5.41) is 2.99. The van der Waals surface area contributed by atoms with Crippen LogP contribution in [-0.4, -0.2) is 47.0 Å². The molecule has 1 fully saturated rings. The fourth-order valence-electron chi connectivity index (χ4n) is 2.93. The molecule has 4 rings (SSSR count). The first-order chi connectivity index (χ1) is 12.3. The Hall–Kier alpha value is -2.67. The molecule has 3 heterocycles. The molecular formula is C18H18N4O2S. The summed E-state index contributed by atoms with van der Waals surface area (Å²) in [5.41, 5.74) is 1.23. The van der Waals surface area contributed by atoms with Gasteiger partial charge in [0.05, 0.1) is 0 Å². The molecule has 1 aliphatic rings. The van der Waals surface area contributed by atoms with Crippen LogP contribution in [0.5, 0.6) is 0 Å². The van der Waals surface area contributed by atoms with Crippen molar-refractivity contribution in [2.75, 3.05) is 31.1 Å². The van der Waals surface area contributed by atoms with Crippen LogP contribution >= 0.6 is 11.3 Å². The summed E-state index contributed by atoms with van der Waals surface area (Å²) in [6.07, 6.45) is 4.18. The zero-order chi connectivity index (χ0) is 17.1. The van der Waals surface area contributed by atoms with Crippen LogP contribution in [0.3, 0.4) is 0 Å². The van der Waals surface area contributed by atoms with E-state index in [4.69, 9.17) is 4.42 Å². The number of benzene rings is 1. The molecule has 0 radical (unpaired) electrons. The Bertz CT molecular complexity index is 832. The maximum absolute atomic E-state index is 12.8. The van der Waals surface area contributed by atoms with E-state index in [0.29, 0.717) is 24.7 Å². The standard InChI is InChI=1S/C18H18N4O2S/c23-17(15-13-24-16(20-15)14-5-2-1-3-6-14)21-8-4-9-22(11-10-21)18-19-7-12-25-18/h1-3,5-7,12-13H,4,8-11H2. The van der Waals surface area contributed by atoms with Crippen LogP contribution in [-0.2, 0) is 0 Å². The van der Waals surface area contributed by atoms with Crippen LogP contribution in [0.4, 0.5) is 5.13 Å². The van der Waals surface area contributed by atoms with Crippen LogP contribution in [0, 0.1) is 0 Å². The van der Waals surface area contributed by atoms with Gasteiger partial charge in [0.1, 0.15) is 6.26 Å². The Kier molecular flexibility index (Phi) is 4.47. The lowest BCUT2D eigenvalue weighted by molar-refractivity contribution is 0.0761. The van der Waals surface area contributed by atoms with E-state index in [9.17, 15) is 4.79 Å². The summed E-state index contributed by atoms with van der Waals surface area (Å²) in [4.78, 5) is 25.6. The first-order valence-corrected chi connectivity index (χ1v) is 9.14. The SMILES string of the molecule is O=C(c1coc(-c2ccccc2)n1)N1CCCN(c2nccs2)CC1. The molecule has 128 valence electrons. The molecule has 0 saturated carbocycles. The molecule has 0 spiro atoms. The number of hydrogen-bond acceptors (Lipinski definition) is 6. The third-order valence-electron chi connectivity index (χ3n) is 4.22. The van der Waals surface area contributed by atoms with Gasteiger partial charge in [0, 0.05) is 43.3 Å². The molecule has 3 aromatic rings. The zero-order valence-electron chi connectivity index (χ0n) is 13.7. The normalized spacial score (nSPS) is 15.2. The molecule has 7 heteroatoms. The van der Waals surface area contributed by atoms with E-state index >= 15 is 0 Å². The predicted molar refractivity (Wildman–Crippen MR) is 96.8 cm³/mol. The number of rotatable bonds is 3. The molecule has 0 aliphatic carbocycles. The maximum atomic E-state index is 12.8. The highest BCUT2D eigenvalue weighted by Gasteiger charge is 2.23. The summed E-state index contributed by atoms with van der Waals surface area (Å²) in [6.45, 7) is 3.06. The molecule has 2 aromatic heterocycles. The third-order valence-corrected chi connectivity index (χ3v) is 5.05. The number of oxazole rings is 1. The van der Waals surface area contributed by atoms with Gasteiger partial charge in [0.25, 0.3) is 5.91 Å². The van der Waals surface area contributed by atoms with Crippen molar-refractivity contribution >= 4 is 22.4 Å². The van der Waals surface area contributed by atoms with Crippen molar-refractivity contribution in [3.05, 3.63) is 53.9 Å². The fraction of sp³-hybridized carbons (Fsp3) is 0.278. The van der Waals surface area contributed by atoms with Gasteiger partial charge < -0.3 is 14.2 Å². The Morgan fingerprint density at radius 2 is 2.00 bits per heavy atom. The van der Waals surface area contributed by atoms with Crippen LogP contribution in [0.15, 0.2) is 52.6 Å². The number of thiazole rings is 1. The quantitative estimate of drug-likeness (QED) is 0.723. The molecule has 1 aromatic carbocycles. The van der Waals surface area contributed by atoms with Crippen LogP contribution in [0.1, 0.15) is 16.9 Å². The minimum Gasteiger partial charge on any atom is -0.444 e. The topological polar surface area (TPSA) is 62.5 Å². The molecular weight excluding hydrogens is 336 g/mol. The highest BCUT2D eigenvalue weighted by atomic mass is 32.1. The van der Waals surface area contributed by atoms with Gasteiger partial charge in [-0.3, -0.25) is 4.79 Å². The molecule has 0 atom stereocenters. The van der Waals surface area contributed by atoms with Crippen molar-refractivity contribution < 1.29 is 9.21 Å². The highest BCUT2D eigenvalue weighted by molar-refractivity contribution is 7.13. The molecule has 1 amide bonds. The number of aromatic nitrogens is 2. The van der Waals surface area contributed by atoms with Gasteiger partial charge in [-0.15, -0.1) is 11.3 Å². The van der Waals surface area contributed by atoms with Gasteiger partial charge in [0.15, 0.2) is 10.8 Å². The van der Waals surface area contributed by atoms with Crippen molar-refractivity contribution in [1.29, 1.82) is 0 Å². The molecule has 0 N–H and O–H groups in total. The first-order valence-electron chi connectivity index (χ1n) is 8.26. The largest absolute Gasteiger partial charge is 0.444 e. The predicted octanol–water partition coefficient (Wildman–Crippen LogP) is 3.15. The number of amides is 1. The van der Waals surface area contributed by atoms with E-state index < -0.39 is 0 Å². The van der Waals surface area contributed by atoms with E-state index in [1.807, 2.05) is 46.8 Å². The smallest absolute Gasteiger partial charge is 0.275 e. The van der Waals surface area contributed by atoms with E-state index in [1.165, 1.54) is 6.26 Å². The van der Waals surface area contributed by atoms with Gasteiger partial charge >= 0.3 is 0 Å². The van der Waals surface area contributed by atoms with E-state index in [0.717, 1.165) is 30.2 Å². The van der Waals surface area contributed by atoms with Crippen molar-refractivity contribution in [1.82, 2.24) is 14.9 Å². The monoisotopic (exact) mass is 354 g/mol. The zero-order valence-corrected chi connectivity index (χ0v) is 14.5. The highest BCUT2D eigenvalue weighted by Crippen LogP contribution is 2.21. The summed E-state index contributed by atoms with van der Waals surface area (Å²) in [6, 6.07) is 9.60. The number of carbonyl (C=O) groups excluding carboxylic acids is 1. The molecule has 6 nitrogen and oxygen atoms in total. The van der Waals surface area contributed by atoms with Gasteiger partial charge in [-0.05, 0) is 18.6 Å². The lowest BCUT2D eigenvalue weighted by Crippen LogP contribution is -2.35. The average Bonchev–Trinajstić information content (AvgIpc) is 3.30. The summed E-state index contributed by atoms with van der Waals surface area (Å²) in [7, 11) is 0. The minimum absolute atomic E-state index is 0.0769. The fourth-order valence-corrected chi connectivity index (χ4v) is 3.63.